The summed E-state index contributed by atoms with van der Waals surface area (Å²) in [7, 11) is 0. The lowest BCUT2D eigenvalue weighted by Gasteiger charge is -2.34. The molecular formula is C13H22O2. The zero-order valence-electron chi connectivity index (χ0n) is 10.5. The summed E-state index contributed by atoms with van der Waals surface area (Å²) in [6, 6.07) is 0. The molecule has 1 aliphatic carbocycles. The second-order valence-electron chi connectivity index (χ2n) is 6.71. The Hall–Kier alpha value is -0.340. The van der Waals surface area contributed by atoms with Gasteiger partial charge in [0.1, 0.15) is 0 Å². The molecule has 1 saturated carbocycles. The third-order valence-corrected chi connectivity index (χ3v) is 2.79. The Bertz CT molecular complexity index is 284. The first kappa shape index (κ1) is 11.2. The Labute approximate surface area is 92.6 Å². The van der Waals surface area contributed by atoms with Crippen LogP contribution in [0, 0.1) is 10.8 Å². The van der Waals surface area contributed by atoms with Crippen molar-refractivity contribution in [2.24, 2.45) is 10.8 Å². The van der Waals surface area contributed by atoms with Gasteiger partial charge in [-0.2, -0.15) is 0 Å². The number of allylic oxidation sites excluding steroid dienone is 1. The number of hydrogen-bond donors (Lipinski definition) is 0. The van der Waals surface area contributed by atoms with Crippen LogP contribution in [-0.2, 0) is 9.47 Å². The van der Waals surface area contributed by atoms with E-state index in [9.17, 15) is 0 Å². The standard InChI is InChI=1S/C13H22O2/c1-11(2,3)6-10-7-13(10)14-8-12(4,5)9-15-13/h6H,7-9H2,1-5H3/b10-6-. The minimum absolute atomic E-state index is 0.167. The van der Waals surface area contributed by atoms with Gasteiger partial charge in [-0.05, 0) is 11.0 Å². The van der Waals surface area contributed by atoms with Crippen molar-refractivity contribution in [3.05, 3.63) is 11.6 Å². The summed E-state index contributed by atoms with van der Waals surface area (Å²) in [5.41, 5.74) is 1.71. The normalized spacial score (nSPS) is 30.9. The quantitative estimate of drug-likeness (QED) is 0.572. The molecule has 0 atom stereocenters. The lowest BCUT2D eigenvalue weighted by Crippen LogP contribution is -2.39. The molecule has 2 nitrogen and oxygen atoms in total. The summed E-state index contributed by atoms with van der Waals surface area (Å²) in [5, 5.41) is 0. The second-order valence-corrected chi connectivity index (χ2v) is 6.71. The van der Waals surface area contributed by atoms with Gasteiger partial charge in [-0.15, -0.1) is 0 Å². The Morgan fingerprint density at radius 2 is 1.67 bits per heavy atom. The van der Waals surface area contributed by atoms with Gasteiger partial charge in [-0.3, -0.25) is 0 Å². The first-order valence-electron chi connectivity index (χ1n) is 5.73. The summed E-state index contributed by atoms with van der Waals surface area (Å²) in [5.74, 6) is -0.331. The van der Waals surface area contributed by atoms with Crippen molar-refractivity contribution in [1.29, 1.82) is 0 Å². The fraction of sp³-hybridized carbons (Fsp3) is 0.846. The van der Waals surface area contributed by atoms with Crippen molar-refractivity contribution < 1.29 is 9.47 Å². The summed E-state index contributed by atoms with van der Waals surface area (Å²) >= 11 is 0. The molecule has 0 radical (unpaired) electrons. The van der Waals surface area contributed by atoms with Crippen LogP contribution in [-0.4, -0.2) is 19.0 Å². The van der Waals surface area contributed by atoms with Crippen LogP contribution in [0.4, 0.5) is 0 Å². The topological polar surface area (TPSA) is 18.5 Å². The SMILES string of the molecule is CC(C)(C)/C=C1/CC12OCC(C)(C)CO2. The Morgan fingerprint density at radius 1 is 1.13 bits per heavy atom. The molecule has 0 unspecified atom stereocenters. The van der Waals surface area contributed by atoms with Crippen LogP contribution < -0.4 is 0 Å². The molecule has 86 valence electrons. The molecule has 0 aromatic heterocycles. The monoisotopic (exact) mass is 210 g/mol. The maximum atomic E-state index is 5.86. The van der Waals surface area contributed by atoms with Gasteiger partial charge in [0.05, 0.1) is 13.2 Å². The van der Waals surface area contributed by atoms with Gasteiger partial charge in [0.2, 0.25) is 0 Å². The summed E-state index contributed by atoms with van der Waals surface area (Å²) < 4.78 is 11.7. The lowest BCUT2D eigenvalue weighted by molar-refractivity contribution is -0.233. The highest BCUT2D eigenvalue weighted by molar-refractivity contribution is 5.34. The lowest BCUT2D eigenvalue weighted by atomic mass is 9.95. The average Bonchev–Trinajstić information content (AvgIpc) is 2.68. The van der Waals surface area contributed by atoms with Crippen LogP contribution >= 0.6 is 0 Å². The van der Waals surface area contributed by atoms with E-state index in [1.165, 1.54) is 5.57 Å². The van der Waals surface area contributed by atoms with Crippen molar-refractivity contribution in [1.82, 2.24) is 0 Å². The van der Waals surface area contributed by atoms with Gasteiger partial charge in [-0.25, -0.2) is 0 Å². The Balaban J connectivity index is 2.01. The highest BCUT2D eigenvalue weighted by Gasteiger charge is 2.55. The molecule has 1 heterocycles. The third-order valence-electron chi connectivity index (χ3n) is 2.79. The van der Waals surface area contributed by atoms with Gasteiger partial charge < -0.3 is 9.47 Å². The molecule has 2 fully saturated rings. The fourth-order valence-corrected chi connectivity index (χ4v) is 1.88. The highest BCUT2D eigenvalue weighted by atomic mass is 16.7. The molecule has 0 N–H and O–H groups in total. The van der Waals surface area contributed by atoms with E-state index >= 15 is 0 Å². The molecule has 0 bridgehead atoms. The number of rotatable bonds is 0. The van der Waals surface area contributed by atoms with Crippen molar-refractivity contribution >= 4 is 0 Å². The molecule has 2 heteroatoms. The zero-order chi connectivity index (χ0) is 11.3. The molecular weight excluding hydrogens is 188 g/mol. The van der Waals surface area contributed by atoms with Gasteiger partial charge in [0.15, 0.2) is 5.79 Å². The van der Waals surface area contributed by atoms with E-state index in [0.717, 1.165) is 19.6 Å². The molecule has 2 rings (SSSR count). The molecule has 0 aromatic carbocycles. The molecule has 0 aromatic rings. The maximum Gasteiger partial charge on any atom is 0.194 e. The Morgan fingerprint density at radius 3 is 2.13 bits per heavy atom. The van der Waals surface area contributed by atoms with Crippen LogP contribution in [0.15, 0.2) is 11.6 Å². The third kappa shape index (κ3) is 2.43. The minimum atomic E-state index is -0.331. The molecule has 1 aliphatic heterocycles. The van der Waals surface area contributed by atoms with Crippen LogP contribution in [0.5, 0.6) is 0 Å². The van der Waals surface area contributed by atoms with Crippen LogP contribution in [0.2, 0.25) is 0 Å². The van der Waals surface area contributed by atoms with E-state index in [2.05, 4.69) is 40.7 Å². The fourth-order valence-electron chi connectivity index (χ4n) is 1.88. The number of ether oxygens (including phenoxy) is 2. The van der Waals surface area contributed by atoms with Crippen LogP contribution in [0.25, 0.3) is 0 Å². The van der Waals surface area contributed by atoms with Crippen molar-refractivity contribution in [3.63, 3.8) is 0 Å². The predicted octanol–water partition coefficient (Wildman–Crippen LogP) is 3.13. The first-order chi connectivity index (χ1) is 6.73. The number of hydrogen-bond acceptors (Lipinski definition) is 2. The van der Waals surface area contributed by atoms with Gasteiger partial charge >= 0.3 is 0 Å². The van der Waals surface area contributed by atoms with Crippen molar-refractivity contribution in [2.75, 3.05) is 13.2 Å². The van der Waals surface area contributed by atoms with Crippen molar-refractivity contribution in [2.45, 2.75) is 46.8 Å². The van der Waals surface area contributed by atoms with Gasteiger partial charge in [-0.1, -0.05) is 40.7 Å². The van der Waals surface area contributed by atoms with Gasteiger partial charge in [0, 0.05) is 11.8 Å². The van der Waals surface area contributed by atoms with E-state index in [-0.39, 0.29) is 16.6 Å². The zero-order valence-corrected chi connectivity index (χ0v) is 10.5. The van der Waals surface area contributed by atoms with Crippen LogP contribution in [0.3, 0.4) is 0 Å². The minimum Gasteiger partial charge on any atom is -0.345 e. The van der Waals surface area contributed by atoms with E-state index in [0.29, 0.717) is 0 Å². The highest BCUT2D eigenvalue weighted by Crippen LogP contribution is 2.52. The van der Waals surface area contributed by atoms with E-state index < -0.39 is 0 Å². The maximum absolute atomic E-state index is 5.86. The van der Waals surface area contributed by atoms with Crippen LogP contribution in [0.1, 0.15) is 41.0 Å². The molecule has 1 saturated heterocycles. The average molecular weight is 210 g/mol. The molecule has 15 heavy (non-hydrogen) atoms. The summed E-state index contributed by atoms with van der Waals surface area (Å²) in [4.78, 5) is 0. The molecule has 2 aliphatic rings. The smallest absolute Gasteiger partial charge is 0.194 e. The predicted molar refractivity (Wildman–Crippen MR) is 60.6 cm³/mol. The van der Waals surface area contributed by atoms with E-state index in [1.807, 2.05) is 0 Å². The van der Waals surface area contributed by atoms with E-state index in [1.54, 1.807) is 0 Å². The molecule has 1 spiro atoms. The first-order valence-corrected chi connectivity index (χ1v) is 5.73. The summed E-state index contributed by atoms with van der Waals surface area (Å²) in [6.45, 7) is 12.6. The van der Waals surface area contributed by atoms with Gasteiger partial charge in [0.25, 0.3) is 0 Å². The summed E-state index contributed by atoms with van der Waals surface area (Å²) in [6.07, 6.45) is 3.24. The van der Waals surface area contributed by atoms with E-state index in [4.69, 9.17) is 9.47 Å². The largest absolute Gasteiger partial charge is 0.345 e. The molecule has 0 amide bonds. The van der Waals surface area contributed by atoms with Crippen molar-refractivity contribution in [3.8, 4) is 0 Å². The Kier molecular flexibility index (Phi) is 2.29. The second kappa shape index (κ2) is 3.08.